The van der Waals surface area contributed by atoms with Gasteiger partial charge in [0.15, 0.2) is 6.29 Å². The minimum absolute atomic E-state index is 0.445. The largest absolute Gasteiger partial charge is 0.297 e. The molecule has 0 radical (unpaired) electrons. The van der Waals surface area contributed by atoms with E-state index in [2.05, 4.69) is 12.6 Å². The summed E-state index contributed by atoms with van der Waals surface area (Å²) in [5.74, 6) is 0.445. The van der Waals surface area contributed by atoms with Gasteiger partial charge in [-0.05, 0) is 0 Å². The standard InChI is InChI=1S/C7H5NOS2/c8-1-5-4-11-7(2-9)6(5)3-10/h2,4,10H,3H2. The third kappa shape index (κ3) is 1.44. The molecule has 11 heavy (non-hydrogen) atoms. The lowest BCUT2D eigenvalue weighted by Gasteiger charge is -1.90. The van der Waals surface area contributed by atoms with Crippen LogP contribution in [0.25, 0.3) is 0 Å². The Balaban J connectivity index is 3.22. The predicted octanol–water partition coefficient (Wildman–Crippen LogP) is 1.86. The highest BCUT2D eigenvalue weighted by molar-refractivity contribution is 7.79. The lowest BCUT2D eigenvalue weighted by atomic mass is 10.2. The van der Waals surface area contributed by atoms with Gasteiger partial charge in [-0.1, -0.05) is 0 Å². The smallest absolute Gasteiger partial charge is 0.160 e. The molecule has 0 saturated heterocycles. The second-order valence-electron chi connectivity index (χ2n) is 1.88. The van der Waals surface area contributed by atoms with E-state index >= 15 is 0 Å². The van der Waals surface area contributed by atoms with E-state index in [0.29, 0.717) is 16.2 Å². The molecule has 1 rings (SSSR count). The van der Waals surface area contributed by atoms with E-state index in [4.69, 9.17) is 5.26 Å². The summed E-state index contributed by atoms with van der Waals surface area (Å²) in [5.41, 5.74) is 1.31. The number of rotatable bonds is 2. The summed E-state index contributed by atoms with van der Waals surface area (Å²) >= 11 is 5.31. The van der Waals surface area contributed by atoms with Crippen molar-refractivity contribution in [1.82, 2.24) is 0 Å². The van der Waals surface area contributed by atoms with Gasteiger partial charge in [0.2, 0.25) is 0 Å². The van der Waals surface area contributed by atoms with Crippen LogP contribution < -0.4 is 0 Å². The number of thiophene rings is 1. The van der Waals surface area contributed by atoms with E-state index in [1.807, 2.05) is 6.07 Å². The first-order chi connectivity index (χ1) is 5.33. The van der Waals surface area contributed by atoms with Crippen molar-refractivity contribution in [3.8, 4) is 6.07 Å². The molecule has 0 atom stereocenters. The summed E-state index contributed by atoms with van der Waals surface area (Å²) in [7, 11) is 0. The van der Waals surface area contributed by atoms with Crippen LogP contribution in [0.4, 0.5) is 0 Å². The maximum absolute atomic E-state index is 10.4. The molecule has 56 valence electrons. The van der Waals surface area contributed by atoms with Crippen molar-refractivity contribution in [1.29, 1.82) is 5.26 Å². The van der Waals surface area contributed by atoms with Crippen LogP contribution in [0.2, 0.25) is 0 Å². The molecule has 0 aliphatic carbocycles. The Bertz CT molecular complexity index is 311. The Morgan fingerprint density at radius 2 is 2.55 bits per heavy atom. The van der Waals surface area contributed by atoms with Crippen LogP contribution in [0.5, 0.6) is 0 Å². The van der Waals surface area contributed by atoms with E-state index in [1.54, 1.807) is 5.38 Å². The Labute approximate surface area is 73.9 Å². The number of hydrogen-bond acceptors (Lipinski definition) is 4. The van der Waals surface area contributed by atoms with Gasteiger partial charge in [-0.2, -0.15) is 17.9 Å². The fourth-order valence-corrected chi connectivity index (χ4v) is 2.02. The summed E-state index contributed by atoms with van der Waals surface area (Å²) in [6, 6.07) is 2.00. The van der Waals surface area contributed by atoms with E-state index in [0.717, 1.165) is 11.8 Å². The first-order valence-electron chi connectivity index (χ1n) is 2.90. The van der Waals surface area contributed by atoms with Crippen molar-refractivity contribution in [2.24, 2.45) is 0 Å². The predicted molar refractivity (Wildman–Crippen MR) is 47.1 cm³/mol. The first kappa shape index (κ1) is 8.31. The van der Waals surface area contributed by atoms with Gasteiger partial charge in [0.1, 0.15) is 6.07 Å². The third-order valence-corrected chi connectivity index (χ3v) is 2.58. The number of carbonyl (C=O) groups excluding carboxylic acids is 1. The number of nitriles is 1. The molecular weight excluding hydrogens is 178 g/mol. The van der Waals surface area contributed by atoms with Crippen LogP contribution >= 0.6 is 24.0 Å². The van der Waals surface area contributed by atoms with Gasteiger partial charge < -0.3 is 0 Å². The van der Waals surface area contributed by atoms with Gasteiger partial charge in [-0.25, -0.2) is 0 Å². The molecule has 0 unspecified atom stereocenters. The molecule has 0 fully saturated rings. The summed E-state index contributed by atoms with van der Waals surface area (Å²) in [6.45, 7) is 0. The van der Waals surface area contributed by atoms with Gasteiger partial charge in [0, 0.05) is 16.7 Å². The molecule has 1 aromatic rings. The fraction of sp³-hybridized carbons (Fsp3) is 0.143. The van der Waals surface area contributed by atoms with Gasteiger partial charge in [-0.15, -0.1) is 11.3 Å². The van der Waals surface area contributed by atoms with Crippen LogP contribution in [0.1, 0.15) is 20.8 Å². The zero-order valence-corrected chi connectivity index (χ0v) is 7.28. The van der Waals surface area contributed by atoms with E-state index in [1.165, 1.54) is 11.3 Å². The van der Waals surface area contributed by atoms with Crippen molar-refractivity contribution < 1.29 is 4.79 Å². The summed E-state index contributed by atoms with van der Waals surface area (Å²) in [4.78, 5) is 11.0. The minimum atomic E-state index is 0.445. The third-order valence-electron chi connectivity index (χ3n) is 1.31. The molecule has 0 amide bonds. The molecule has 2 nitrogen and oxygen atoms in total. The van der Waals surface area contributed by atoms with Crippen LogP contribution in [-0.4, -0.2) is 6.29 Å². The van der Waals surface area contributed by atoms with E-state index < -0.39 is 0 Å². The van der Waals surface area contributed by atoms with Gasteiger partial charge in [-0.3, -0.25) is 4.79 Å². The molecule has 0 N–H and O–H groups in total. The Morgan fingerprint density at radius 3 is 3.00 bits per heavy atom. The average Bonchev–Trinajstić information content (AvgIpc) is 2.45. The normalized spacial score (nSPS) is 9.09. The number of carbonyl (C=O) groups is 1. The maximum atomic E-state index is 10.4. The number of thiol groups is 1. The highest BCUT2D eigenvalue weighted by Gasteiger charge is 2.07. The molecule has 1 heterocycles. The highest BCUT2D eigenvalue weighted by Crippen LogP contribution is 2.21. The molecule has 0 aromatic carbocycles. The van der Waals surface area contributed by atoms with Crippen LogP contribution in [0.3, 0.4) is 0 Å². The molecule has 4 heteroatoms. The zero-order valence-electron chi connectivity index (χ0n) is 5.57. The zero-order chi connectivity index (χ0) is 8.27. The van der Waals surface area contributed by atoms with Crippen molar-refractivity contribution in [2.75, 3.05) is 0 Å². The molecule has 0 spiro atoms. The van der Waals surface area contributed by atoms with E-state index in [-0.39, 0.29) is 0 Å². The van der Waals surface area contributed by atoms with Gasteiger partial charge >= 0.3 is 0 Å². The Kier molecular flexibility index (Phi) is 2.69. The van der Waals surface area contributed by atoms with Crippen LogP contribution in [0.15, 0.2) is 5.38 Å². The lowest BCUT2D eigenvalue weighted by Crippen LogP contribution is -1.84. The number of aldehydes is 1. The number of hydrogen-bond donors (Lipinski definition) is 1. The van der Waals surface area contributed by atoms with Crippen molar-refractivity contribution in [2.45, 2.75) is 5.75 Å². The molecule has 0 bridgehead atoms. The molecule has 0 aliphatic rings. The number of nitrogens with zero attached hydrogens (tertiary/aromatic N) is 1. The van der Waals surface area contributed by atoms with Crippen molar-refractivity contribution in [3.63, 3.8) is 0 Å². The summed E-state index contributed by atoms with van der Waals surface area (Å²) in [6.07, 6.45) is 0.761. The molecule has 0 aliphatic heterocycles. The quantitative estimate of drug-likeness (QED) is 0.561. The molecular formula is C7H5NOS2. The minimum Gasteiger partial charge on any atom is -0.297 e. The fourth-order valence-electron chi connectivity index (χ4n) is 0.753. The topological polar surface area (TPSA) is 40.9 Å². The van der Waals surface area contributed by atoms with Gasteiger partial charge in [0.05, 0.1) is 10.4 Å². The first-order valence-corrected chi connectivity index (χ1v) is 4.41. The Hall–Kier alpha value is -0.790. The highest BCUT2D eigenvalue weighted by atomic mass is 32.1. The molecule has 0 saturated carbocycles. The van der Waals surface area contributed by atoms with Crippen LogP contribution in [0, 0.1) is 11.3 Å². The van der Waals surface area contributed by atoms with Crippen LogP contribution in [-0.2, 0) is 5.75 Å². The molecule has 1 aromatic heterocycles. The van der Waals surface area contributed by atoms with Crippen molar-refractivity contribution in [3.05, 3.63) is 21.4 Å². The second kappa shape index (κ2) is 3.56. The van der Waals surface area contributed by atoms with Crippen molar-refractivity contribution >= 4 is 30.3 Å². The summed E-state index contributed by atoms with van der Waals surface area (Å²) < 4.78 is 0. The Morgan fingerprint density at radius 1 is 1.82 bits per heavy atom. The second-order valence-corrected chi connectivity index (χ2v) is 3.11. The SMILES string of the molecule is N#Cc1csc(C=O)c1CS. The monoisotopic (exact) mass is 183 g/mol. The van der Waals surface area contributed by atoms with Gasteiger partial charge in [0.25, 0.3) is 0 Å². The lowest BCUT2D eigenvalue weighted by molar-refractivity contribution is 0.112. The summed E-state index contributed by atoms with van der Waals surface area (Å²) in [5, 5.41) is 10.2. The van der Waals surface area contributed by atoms with E-state index in [9.17, 15) is 4.79 Å². The maximum Gasteiger partial charge on any atom is 0.160 e. The average molecular weight is 183 g/mol.